The first-order valence-electron chi connectivity index (χ1n) is 9.12. The lowest BCUT2D eigenvalue weighted by Crippen LogP contribution is -2.40. The van der Waals surface area contributed by atoms with Crippen molar-refractivity contribution in [3.05, 3.63) is 60.0 Å². The Hall–Kier alpha value is -2.82. The van der Waals surface area contributed by atoms with E-state index in [9.17, 15) is 4.79 Å². The third-order valence-corrected chi connectivity index (χ3v) is 5.00. The number of carbonyl (C=O) groups excluding carboxylic acids is 1. The number of nitrogens with one attached hydrogen (secondary N) is 1. The first-order valence-corrected chi connectivity index (χ1v) is 9.12. The average Bonchev–Trinajstić information content (AvgIpc) is 3.10. The molecule has 134 valence electrons. The largest absolute Gasteiger partial charge is 0.459 e. The van der Waals surface area contributed by atoms with Crippen LogP contribution in [0.1, 0.15) is 24.2 Å². The van der Waals surface area contributed by atoms with E-state index in [1.165, 1.54) is 0 Å². The molecule has 0 bridgehead atoms. The number of anilines is 1. The summed E-state index contributed by atoms with van der Waals surface area (Å²) in [5.74, 6) is 1.96. The summed E-state index contributed by atoms with van der Waals surface area (Å²) < 4.78 is 5.76. The molecule has 1 amide bonds. The van der Waals surface area contributed by atoms with Gasteiger partial charge in [0.1, 0.15) is 17.2 Å². The van der Waals surface area contributed by atoms with Crippen LogP contribution in [0.3, 0.4) is 0 Å². The van der Waals surface area contributed by atoms with Crippen LogP contribution in [-0.2, 0) is 11.3 Å². The van der Waals surface area contributed by atoms with Gasteiger partial charge in [0.2, 0.25) is 5.91 Å². The zero-order valence-electron chi connectivity index (χ0n) is 14.9. The number of hydrogen-bond acceptors (Lipinski definition) is 4. The normalized spacial score (nSPS) is 15.3. The molecular formula is C21H23N3O2. The number of amides is 1. The Labute approximate surface area is 153 Å². The smallest absolute Gasteiger partial charge is 0.223 e. The van der Waals surface area contributed by atoms with Crippen LogP contribution in [-0.4, -0.2) is 24.0 Å². The number of benzene rings is 1. The van der Waals surface area contributed by atoms with E-state index in [1.54, 1.807) is 0 Å². The minimum Gasteiger partial charge on any atom is -0.459 e. The average molecular weight is 349 g/mol. The van der Waals surface area contributed by atoms with E-state index < -0.39 is 0 Å². The second kappa shape index (κ2) is 7.20. The van der Waals surface area contributed by atoms with E-state index in [1.807, 2.05) is 43.5 Å². The van der Waals surface area contributed by atoms with Crippen molar-refractivity contribution in [1.82, 2.24) is 10.3 Å². The van der Waals surface area contributed by atoms with Crippen molar-refractivity contribution in [2.75, 3.05) is 18.0 Å². The zero-order valence-corrected chi connectivity index (χ0v) is 14.9. The van der Waals surface area contributed by atoms with E-state index >= 15 is 0 Å². The predicted molar refractivity (Wildman–Crippen MR) is 102 cm³/mol. The van der Waals surface area contributed by atoms with Gasteiger partial charge >= 0.3 is 0 Å². The maximum atomic E-state index is 12.5. The highest BCUT2D eigenvalue weighted by atomic mass is 16.3. The van der Waals surface area contributed by atoms with Crippen LogP contribution in [0.25, 0.3) is 11.0 Å². The molecule has 0 unspecified atom stereocenters. The number of aryl methyl sites for hydroxylation is 1. The van der Waals surface area contributed by atoms with Crippen molar-refractivity contribution >= 4 is 22.7 Å². The van der Waals surface area contributed by atoms with E-state index in [2.05, 4.69) is 27.3 Å². The fraction of sp³-hybridized carbons (Fsp3) is 0.333. The maximum absolute atomic E-state index is 12.5. The minimum atomic E-state index is 0.0566. The van der Waals surface area contributed by atoms with Crippen molar-refractivity contribution < 1.29 is 9.21 Å². The Morgan fingerprint density at radius 3 is 2.77 bits per heavy atom. The molecule has 0 aliphatic carbocycles. The molecule has 3 heterocycles. The third-order valence-electron chi connectivity index (χ3n) is 5.00. The highest BCUT2D eigenvalue weighted by molar-refractivity contribution is 5.80. The lowest BCUT2D eigenvalue weighted by atomic mass is 9.96. The van der Waals surface area contributed by atoms with Gasteiger partial charge in [-0.1, -0.05) is 24.3 Å². The molecule has 1 aromatic carbocycles. The van der Waals surface area contributed by atoms with E-state index in [0.29, 0.717) is 6.54 Å². The van der Waals surface area contributed by atoms with Crippen molar-refractivity contribution in [3.63, 3.8) is 0 Å². The first-order chi connectivity index (χ1) is 12.7. The SMILES string of the molecule is Cc1ccc(N2CCC(C(=O)NCc3cc4ccccc4o3)CC2)nc1. The molecule has 4 rings (SSSR count). The van der Waals surface area contributed by atoms with Crippen molar-refractivity contribution in [3.8, 4) is 0 Å². The Morgan fingerprint density at radius 1 is 1.23 bits per heavy atom. The van der Waals surface area contributed by atoms with Gasteiger partial charge in [-0.15, -0.1) is 0 Å². The van der Waals surface area contributed by atoms with Gasteiger partial charge in [0.25, 0.3) is 0 Å². The molecule has 2 aromatic heterocycles. The monoisotopic (exact) mass is 349 g/mol. The zero-order chi connectivity index (χ0) is 17.9. The summed E-state index contributed by atoms with van der Waals surface area (Å²) in [5.41, 5.74) is 2.02. The highest BCUT2D eigenvalue weighted by Gasteiger charge is 2.25. The lowest BCUT2D eigenvalue weighted by molar-refractivity contribution is -0.125. The lowest BCUT2D eigenvalue weighted by Gasteiger charge is -2.32. The summed E-state index contributed by atoms with van der Waals surface area (Å²) in [6, 6.07) is 14.0. The molecule has 3 aromatic rings. The van der Waals surface area contributed by atoms with Gasteiger partial charge < -0.3 is 14.6 Å². The van der Waals surface area contributed by atoms with Crippen LogP contribution >= 0.6 is 0 Å². The van der Waals surface area contributed by atoms with Crippen LogP contribution in [0.2, 0.25) is 0 Å². The van der Waals surface area contributed by atoms with Crippen LogP contribution in [0.5, 0.6) is 0 Å². The fourth-order valence-electron chi connectivity index (χ4n) is 3.46. The van der Waals surface area contributed by atoms with E-state index in [0.717, 1.165) is 54.0 Å². The van der Waals surface area contributed by atoms with Crippen molar-refractivity contribution in [2.45, 2.75) is 26.3 Å². The minimum absolute atomic E-state index is 0.0566. The summed E-state index contributed by atoms with van der Waals surface area (Å²) >= 11 is 0. The molecule has 0 radical (unpaired) electrons. The molecule has 1 N–H and O–H groups in total. The van der Waals surface area contributed by atoms with Crippen LogP contribution in [0.4, 0.5) is 5.82 Å². The number of para-hydroxylation sites is 1. The molecule has 1 aliphatic heterocycles. The maximum Gasteiger partial charge on any atom is 0.223 e. The molecule has 26 heavy (non-hydrogen) atoms. The third kappa shape index (κ3) is 3.57. The van der Waals surface area contributed by atoms with Crippen LogP contribution in [0.15, 0.2) is 53.1 Å². The quantitative estimate of drug-likeness (QED) is 0.781. The highest BCUT2D eigenvalue weighted by Crippen LogP contribution is 2.23. The molecule has 0 spiro atoms. The second-order valence-corrected chi connectivity index (χ2v) is 6.92. The van der Waals surface area contributed by atoms with Crippen molar-refractivity contribution in [1.29, 1.82) is 0 Å². The number of nitrogens with zero attached hydrogens (tertiary/aromatic N) is 2. The number of rotatable bonds is 4. The van der Waals surface area contributed by atoms with Crippen molar-refractivity contribution in [2.24, 2.45) is 5.92 Å². The number of aromatic nitrogens is 1. The number of pyridine rings is 1. The molecule has 1 saturated heterocycles. The van der Waals surface area contributed by atoms with Gasteiger partial charge in [0.15, 0.2) is 0 Å². The Kier molecular flexibility index (Phi) is 4.61. The van der Waals surface area contributed by atoms with Gasteiger partial charge in [-0.3, -0.25) is 4.79 Å². The topological polar surface area (TPSA) is 58.4 Å². The number of furan rings is 1. The molecule has 1 fully saturated rings. The number of piperidine rings is 1. The van der Waals surface area contributed by atoms with Crippen LogP contribution < -0.4 is 10.2 Å². The number of hydrogen-bond donors (Lipinski definition) is 1. The number of carbonyl (C=O) groups is 1. The molecule has 5 nitrogen and oxygen atoms in total. The number of fused-ring (bicyclic) bond motifs is 1. The van der Waals surface area contributed by atoms with E-state index in [-0.39, 0.29) is 11.8 Å². The second-order valence-electron chi connectivity index (χ2n) is 6.92. The fourth-order valence-corrected chi connectivity index (χ4v) is 3.46. The molecule has 1 aliphatic rings. The van der Waals surface area contributed by atoms with Crippen LogP contribution in [0, 0.1) is 12.8 Å². The Balaban J connectivity index is 1.30. The summed E-state index contributed by atoms with van der Waals surface area (Å²) in [6.45, 7) is 4.19. The predicted octanol–water partition coefficient (Wildman–Crippen LogP) is 3.67. The Morgan fingerprint density at radius 2 is 2.04 bits per heavy atom. The van der Waals surface area contributed by atoms with Gasteiger partial charge in [0, 0.05) is 30.6 Å². The van der Waals surface area contributed by atoms with Gasteiger partial charge in [-0.2, -0.15) is 0 Å². The van der Waals surface area contributed by atoms with E-state index in [4.69, 9.17) is 4.42 Å². The van der Waals surface area contributed by atoms with Gasteiger partial charge in [-0.25, -0.2) is 4.98 Å². The molecule has 0 saturated carbocycles. The first kappa shape index (κ1) is 16.6. The Bertz CT molecular complexity index is 860. The summed E-state index contributed by atoms with van der Waals surface area (Å²) in [7, 11) is 0. The molecule has 5 heteroatoms. The van der Waals surface area contributed by atoms with Gasteiger partial charge in [-0.05, 0) is 43.5 Å². The molecular weight excluding hydrogens is 326 g/mol. The standard InChI is InChI=1S/C21H23N3O2/c1-15-6-7-20(22-13-15)24-10-8-16(9-11-24)21(25)23-14-18-12-17-4-2-3-5-19(17)26-18/h2-7,12-13,16H,8-11,14H2,1H3,(H,23,25). The molecule has 0 atom stereocenters. The summed E-state index contributed by atoms with van der Waals surface area (Å²) in [5, 5.41) is 4.09. The summed E-state index contributed by atoms with van der Waals surface area (Å²) in [4.78, 5) is 19.2. The van der Waals surface area contributed by atoms with Gasteiger partial charge in [0.05, 0.1) is 6.54 Å². The summed E-state index contributed by atoms with van der Waals surface area (Å²) in [6.07, 6.45) is 3.59.